The molecule has 0 bridgehead atoms. The molecule has 27 heavy (non-hydrogen) atoms. The summed E-state index contributed by atoms with van der Waals surface area (Å²) >= 11 is 1.09. The van der Waals surface area contributed by atoms with Crippen molar-refractivity contribution in [1.82, 2.24) is 4.98 Å². The first-order valence-corrected chi connectivity index (χ1v) is 9.49. The number of benzene rings is 2. The molecule has 3 aromatic rings. The number of anilines is 2. The van der Waals surface area contributed by atoms with Crippen LogP contribution in [0.3, 0.4) is 0 Å². The largest absolute Gasteiger partial charge is 0.371 e. The number of nitrogens with one attached hydrogen (secondary N) is 1. The summed E-state index contributed by atoms with van der Waals surface area (Å²) in [5.41, 5.74) is 1.51. The Morgan fingerprint density at radius 1 is 1.11 bits per heavy atom. The van der Waals surface area contributed by atoms with E-state index in [-0.39, 0.29) is 5.82 Å². The van der Waals surface area contributed by atoms with Gasteiger partial charge in [-0.2, -0.15) is 0 Å². The fourth-order valence-electron chi connectivity index (χ4n) is 3.14. The van der Waals surface area contributed by atoms with Crippen molar-refractivity contribution in [2.24, 2.45) is 0 Å². The van der Waals surface area contributed by atoms with Crippen molar-refractivity contribution in [3.8, 4) is 10.6 Å². The Bertz CT molecular complexity index is 983. The van der Waals surface area contributed by atoms with Crippen LogP contribution in [0.4, 0.5) is 20.2 Å². The van der Waals surface area contributed by atoms with Crippen LogP contribution in [0.1, 0.15) is 22.5 Å². The predicted octanol–water partition coefficient (Wildman–Crippen LogP) is 4.94. The summed E-state index contributed by atoms with van der Waals surface area (Å²) in [6, 6.07) is 10.8. The monoisotopic (exact) mass is 385 g/mol. The zero-order chi connectivity index (χ0) is 18.8. The summed E-state index contributed by atoms with van der Waals surface area (Å²) in [6.45, 7) is 1.77. The van der Waals surface area contributed by atoms with Crippen molar-refractivity contribution >= 4 is 28.6 Å². The van der Waals surface area contributed by atoms with Crippen LogP contribution >= 0.6 is 11.3 Å². The van der Waals surface area contributed by atoms with Crippen LogP contribution in [0, 0.1) is 11.6 Å². The molecule has 1 aliphatic heterocycles. The maximum Gasteiger partial charge on any atom is 0.267 e. The highest BCUT2D eigenvalue weighted by molar-refractivity contribution is 7.17. The molecule has 4 nitrogen and oxygen atoms in total. The quantitative estimate of drug-likeness (QED) is 0.692. The molecule has 1 amide bonds. The smallest absolute Gasteiger partial charge is 0.267 e. The van der Waals surface area contributed by atoms with E-state index in [1.807, 2.05) is 0 Å². The fourth-order valence-corrected chi connectivity index (χ4v) is 3.97. The molecule has 0 atom stereocenters. The number of rotatable bonds is 4. The molecule has 1 aromatic heterocycles. The minimum absolute atomic E-state index is 0.334. The molecule has 138 valence electrons. The van der Waals surface area contributed by atoms with Gasteiger partial charge in [0.1, 0.15) is 21.5 Å². The lowest BCUT2D eigenvalue weighted by Crippen LogP contribution is -2.18. The number of carbonyl (C=O) groups excluding carboxylic acids is 1. The van der Waals surface area contributed by atoms with Crippen molar-refractivity contribution in [1.29, 1.82) is 0 Å². The number of carbonyl (C=O) groups is 1. The van der Waals surface area contributed by atoms with Gasteiger partial charge in [0.2, 0.25) is 0 Å². The van der Waals surface area contributed by atoms with Gasteiger partial charge in [-0.05, 0) is 43.2 Å². The highest BCUT2D eigenvalue weighted by Crippen LogP contribution is 2.29. The summed E-state index contributed by atoms with van der Waals surface area (Å²) in [7, 11) is 0. The van der Waals surface area contributed by atoms with E-state index in [1.54, 1.807) is 24.3 Å². The number of hydrogen-bond donors (Lipinski definition) is 1. The molecule has 7 heteroatoms. The molecule has 0 saturated carbocycles. The Labute approximate surface area is 159 Å². The van der Waals surface area contributed by atoms with Crippen molar-refractivity contribution in [2.45, 2.75) is 12.8 Å². The number of amides is 1. The van der Waals surface area contributed by atoms with Gasteiger partial charge in [0.25, 0.3) is 5.91 Å². The molecule has 2 aromatic carbocycles. The first kappa shape index (κ1) is 17.6. The summed E-state index contributed by atoms with van der Waals surface area (Å²) in [6.07, 6.45) is 3.57. The molecule has 0 aliphatic carbocycles. The van der Waals surface area contributed by atoms with Gasteiger partial charge in [0.05, 0.1) is 6.20 Å². The van der Waals surface area contributed by atoms with Crippen LogP contribution in [0.25, 0.3) is 10.6 Å². The Balaban J connectivity index is 1.54. The van der Waals surface area contributed by atoms with E-state index in [2.05, 4.69) is 15.2 Å². The lowest BCUT2D eigenvalue weighted by molar-refractivity contribution is 0.103. The van der Waals surface area contributed by atoms with Crippen molar-refractivity contribution in [3.63, 3.8) is 0 Å². The maximum atomic E-state index is 14.0. The van der Waals surface area contributed by atoms with E-state index < -0.39 is 11.7 Å². The molecule has 1 fully saturated rings. The second kappa shape index (κ2) is 7.44. The first-order chi connectivity index (χ1) is 13.1. The van der Waals surface area contributed by atoms with Gasteiger partial charge in [-0.1, -0.05) is 12.1 Å². The zero-order valence-corrected chi connectivity index (χ0v) is 15.2. The normalized spacial score (nSPS) is 13.8. The van der Waals surface area contributed by atoms with Crippen LogP contribution in [-0.4, -0.2) is 24.0 Å². The molecular formula is C20H17F2N3OS. The van der Waals surface area contributed by atoms with Crippen molar-refractivity contribution in [3.05, 3.63) is 65.2 Å². The molecule has 0 spiro atoms. The third-order valence-electron chi connectivity index (χ3n) is 4.45. The Morgan fingerprint density at radius 2 is 1.89 bits per heavy atom. The average molecular weight is 385 g/mol. The van der Waals surface area contributed by atoms with E-state index >= 15 is 0 Å². The zero-order valence-electron chi connectivity index (χ0n) is 14.4. The fraction of sp³-hybridized carbons (Fsp3) is 0.200. The summed E-state index contributed by atoms with van der Waals surface area (Å²) in [4.78, 5) is 19.1. The topological polar surface area (TPSA) is 45.2 Å². The van der Waals surface area contributed by atoms with E-state index in [1.165, 1.54) is 24.4 Å². The van der Waals surface area contributed by atoms with Gasteiger partial charge in [-0.3, -0.25) is 4.79 Å². The summed E-state index contributed by atoms with van der Waals surface area (Å²) in [5, 5.41) is 3.14. The SMILES string of the molecule is O=C(Nc1cc(F)cc(N2CCCC2)c1)c1cnc(-c2ccccc2F)s1. The van der Waals surface area contributed by atoms with Crippen molar-refractivity contribution in [2.75, 3.05) is 23.3 Å². The molecule has 0 radical (unpaired) electrons. The standard InChI is InChI=1S/C20H17F2N3OS/c21-13-9-14(11-15(10-13)25-7-3-4-8-25)24-19(26)18-12-23-20(27-18)16-5-1-2-6-17(16)22/h1-2,5-6,9-12H,3-4,7-8H2,(H,24,26). The highest BCUT2D eigenvalue weighted by Gasteiger charge is 2.17. The number of thiazole rings is 1. The van der Waals surface area contributed by atoms with Gasteiger partial charge in [-0.15, -0.1) is 11.3 Å². The molecular weight excluding hydrogens is 368 g/mol. The van der Waals surface area contributed by atoms with Gasteiger partial charge in [0, 0.05) is 30.0 Å². The molecule has 1 aliphatic rings. The molecule has 0 unspecified atom stereocenters. The highest BCUT2D eigenvalue weighted by atomic mass is 32.1. The lowest BCUT2D eigenvalue weighted by Gasteiger charge is -2.18. The minimum atomic E-state index is -0.397. The van der Waals surface area contributed by atoms with Gasteiger partial charge in [0.15, 0.2) is 0 Å². The summed E-state index contributed by atoms with van der Waals surface area (Å²) in [5.74, 6) is -1.18. The number of hydrogen-bond acceptors (Lipinski definition) is 4. The van der Waals surface area contributed by atoms with E-state index in [0.717, 1.165) is 43.0 Å². The second-order valence-corrected chi connectivity index (χ2v) is 7.39. The maximum absolute atomic E-state index is 14.0. The Kier molecular flexibility index (Phi) is 4.85. The molecule has 4 rings (SSSR count). The van der Waals surface area contributed by atoms with E-state index in [4.69, 9.17) is 0 Å². The predicted molar refractivity (Wildman–Crippen MR) is 103 cm³/mol. The van der Waals surface area contributed by atoms with Crippen LogP contribution in [0.5, 0.6) is 0 Å². The summed E-state index contributed by atoms with van der Waals surface area (Å²) < 4.78 is 27.9. The van der Waals surface area contributed by atoms with Crippen LogP contribution in [0.15, 0.2) is 48.7 Å². The number of nitrogens with zero attached hydrogens (tertiary/aromatic N) is 2. The van der Waals surface area contributed by atoms with Gasteiger partial charge < -0.3 is 10.2 Å². The third kappa shape index (κ3) is 3.83. The lowest BCUT2D eigenvalue weighted by atomic mass is 10.2. The van der Waals surface area contributed by atoms with Gasteiger partial charge >= 0.3 is 0 Å². The van der Waals surface area contributed by atoms with Crippen molar-refractivity contribution < 1.29 is 13.6 Å². The first-order valence-electron chi connectivity index (χ1n) is 8.68. The van der Waals surface area contributed by atoms with E-state index in [0.29, 0.717) is 21.1 Å². The second-order valence-electron chi connectivity index (χ2n) is 6.36. The number of aromatic nitrogens is 1. The number of halogens is 2. The minimum Gasteiger partial charge on any atom is -0.371 e. The van der Waals surface area contributed by atoms with Crippen LogP contribution in [-0.2, 0) is 0 Å². The van der Waals surface area contributed by atoms with Crippen LogP contribution in [0.2, 0.25) is 0 Å². The third-order valence-corrected chi connectivity index (χ3v) is 5.47. The Morgan fingerprint density at radius 3 is 2.67 bits per heavy atom. The van der Waals surface area contributed by atoms with Crippen LogP contribution < -0.4 is 10.2 Å². The molecule has 1 N–H and O–H groups in total. The molecule has 2 heterocycles. The Hall–Kier alpha value is -2.80. The average Bonchev–Trinajstić information content (AvgIpc) is 3.34. The molecule has 1 saturated heterocycles. The van der Waals surface area contributed by atoms with Gasteiger partial charge in [-0.25, -0.2) is 13.8 Å². The van der Waals surface area contributed by atoms with E-state index in [9.17, 15) is 13.6 Å².